The third-order valence-corrected chi connectivity index (χ3v) is 11.4. The Morgan fingerprint density at radius 3 is 1.78 bits per heavy atom. The molecule has 0 spiro atoms. The molecule has 0 aromatic heterocycles. The van der Waals surface area contributed by atoms with E-state index in [9.17, 15) is 5.11 Å². The second kappa shape index (κ2) is 20.2. The molecule has 7 rings (SSSR count). The highest BCUT2D eigenvalue weighted by Gasteiger charge is 2.18. The number of phenolic OH excluding ortho intramolecular Hbond substituents is 1. The number of hydrogen-bond donors (Lipinski definition) is 3. The molecule has 0 atom stereocenters. The molecule has 6 aromatic carbocycles. The molecule has 58 heavy (non-hydrogen) atoms. The highest BCUT2D eigenvalue weighted by atomic mass is 35.5. The number of rotatable bonds is 14. The first-order chi connectivity index (χ1) is 28.5. The van der Waals surface area contributed by atoms with Crippen molar-refractivity contribution in [1.82, 2.24) is 10.6 Å². The summed E-state index contributed by atoms with van der Waals surface area (Å²) in [6.07, 6.45) is 7.64. The standard InChI is InChI=1S/C52H51ClN2O2S/c1-57-47-30-26-42(27-31-47)50(40-14-7-3-8-15-40)49(33-35-54-52(58)55-45-18-9-4-10-19-45)39-22-20-37(21-23-39)43-16-11-17-44(36-43)51(41-24-28-46(56)29-25-41)48(32-34-53)38-12-5-2-6-13-38/h2-3,5-8,11-17,20-31,36,45,56H,4,9-10,18-19,32-35H2,1H3,(H2,54,55,58)/b50-49-,51-48+. The number of allylic oxidation sites excluding steroid dienone is 1. The van der Waals surface area contributed by atoms with Crippen LogP contribution in [-0.2, 0) is 0 Å². The number of alkyl halides is 1. The van der Waals surface area contributed by atoms with Crippen LogP contribution in [0.2, 0.25) is 0 Å². The van der Waals surface area contributed by atoms with E-state index in [1.165, 1.54) is 43.3 Å². The van der Waals surface area contributed by atoms with Gasteiger partial charge in [-0.15, -0.1) is 11.6 Å². The average Bonchev–Trinajstić information content (AvgIpc) is 3.28. The van der Waals surface area contributed by atoms with E-state index in [0.717, 1.165) is 72.9 Å². The first kappa shape index (κ1) is 40.6. The van der Waals surface area contributed by atoms with Crippen molar-refractivity contribution in [3.05, 3.63) is 191 Å². The van der Waals surface area contributed by atoms with Gasteiger partial charge in [0.2, 0.25) is 0 Å². The van der Waals surface area contributed by atoms with Crippen molar-refractivity contribution in [1.29, 1.82) is 0 Å². The van der Waals surface area contributed by atoms with E-state index < -0.39 is 0 Å². The average molecular weight is 804 g/mol. The summed E-state index contributed by atoms with van der Waals surface area (Å²) < 4.78 is 5.54. The molecule has 1 aliphatic carbocycles. The molecule has 4 nitrogen and oxygen atoms in total. The molecule has 1 aliphatic rings. The third kappa shape index (κ3) is 10.3. The van der Waals surface area contributed by atoms with E-state index in [-0.39, 0.29) is 5.75 Å². The van der Waals surface area contributed by atoms with Crippen LogP contribution in [0, 0.1) is 0 Å². The zero-order chi connectivity index (χ0) is 40.1. The van der Waals surface area contributed by atoms with Crippen molar-refractivity contribution in [2.24, 2.45) is 0 Å². The second-order valence-electron chi connectivity index (χ2n) is 14.8. The molecule has 0 amide bonds. The molecule has 0 saturated heterocycles. The van der Waals surface area contributed by atoms with Crippen LogP contribution in [0.25, 0.3) is 33.4 Å². The maximum absolute atomic E-state index is 10.2. The summed E-state index contributed by atoms with van der Waals surface area (Å²) in [5, 5.41) is 18.0. The predicted octanol–water partition coefficient (Wildman–Crippen LogP) is 12.8. The zero-order valence-electron chi connectivity index (χ0n) is 33.1. The molecule has 0 unspecified atom stereocenters. The lowest BCUT2D eigenvalue weighted by molar-refractivity contribution is 0.412. The second-order valence-corrected chi connectivity index (χ2v) is 15.6. The topological polar surface area (TPSA) is 53.5 Å². The number of aromatic hydroxyl groups is 1. The fraction of sp³-hybridized carbons (Fsp3) is 0.212. The van der Waals surface area contributed by atoms with Crippen molar-refractivity contribution >= 4 is 51.2 Å². The minimum Gasteiger partial charge on any atom is -0.508 e. The fourth-order valence-electron chi connectivity index (χ4n) is 8.08. The van der Waals surface area contributed by atoms with Crippen LogP contribution in [0.15, 0.2) is 158 Å². The Hall–Kier alpha value is -5.62. The number of halogens is 1. The van der Waals surface area contributed by atoms with E-state index in [0.29, 0.717) is 24.9 Å². The summed E-state index contributed by atoms with van der Waals surface area (Å²) >= 11 is 12.3. The third-order valence-electron chi connectivity index (χ3n) is 11.0. The Morgan fingerprint density at radius 2 is 1.14 bits per heavy atom. The predicted molar refractivity (Wildman–Crippen MR) is 248 cm³/mol. The van der Waals surface area contributed by atoms with Gasteiger partial charge in [0.1, 0.15) is 11.5 Å². The van der Waals surface area contributed by atoms with Crippen LogP contribution in [-0.4, -0.2) is 35.8 Å². The van der Waals surface area contributed by atoms with Gasteiger partial charge in [-0.1, -0.05) is 147 Å². The fourth-order valence-corrected chi connectivity index (χ4v) is 8.54. The molecular weight excluding hydrogens is 752 g/mol. The number of phenols is 1. The van der Waals surface area contributed by atoms with Crippen LogP contribution in [0.4, 0.5) is 0 Å². The van der Waals surface area contributed by atoms with Gasteiger partial charge in [-0.05, 0) is 135 Å². The van der Waals surface area contributed by atoms with Crippen LogP contribution in [0.5, 0.6) is 11.5 Å². The molecule has 1 fully saturated rings. The SMILES string of the molecule is COc1ccc(/C(=C(/CCNC(=S)NC2CCCCC2)c2ccc(-c3cccc(/C(=C(\CCCl)c4ccccc4)c4ccc(O)cc4)c3)cc2)c2ccccc2)cc1. The summed E-state index contributed by atoms with van der Waals surface area (Å²) in [7, 11) is 1.70. The summed E-state index contributed by atoms with van der Waals surface area (Å²) in [4.78, 5) is 0. The normalized spacial score (nSPS) is 13.9. The molecular formula is C52H51ClN2O2S. The minimum atomic E-state index is 0.237. The lowest BCUT2D eigenvalue weighted by Crippen LogP contribution is -2.43. The number of nitrogens with one attached hydrogen (secondary N) is 2. The molecule has 6 heteroatoms. The van der Waals surface area contributed by atoms with Crippen LogP contribution >= 0.6 is 23.8 Å². The van der Waals surface area contributed by atoms with Gasteiger partial charge < -0.3 is 20.5 Å². The van der Waals surface area contributed by atoms with Crippen molar-refractivity contribution in [2.45, 2.75) is 51.0 Å². The van der Waals surface area contributed by atoms with Gasteiger partial charge in [-0.25, -0.2) is 0 Å². The van der Waals surface area contributed by atoms with E-state index in [1.807, 2.05) is 30.3 Å². The van der Waals surface area contributed by atoms with Gasteiger partial charge >= 0.3 is 0 Å². The molecule has 0 heterocycles. The Labute approximate surface area is 354 Å². The maximum atomic E-state index is 10.2. The van der Waals surface area contributed by atoms with Gasteiger partial charge in [0.15, 0.2) is 5.11 Å². The Kier molecular flexibility index (Phi) is 14.1. The highest BCUT2D eigenvalue weighted by molar-refractivity contribution is 7.80. The molecule has 6 aromatic rings. The summed E-state index contributed by atoms with van der Waals surface area (Å²) in [5.74, 6) is 1.55. The van der Waals surface area contributed by atoms with Gasteiger partial charge in [0.05, 0.1) is 7.11 Å². The molecule has 294 valence electrons. The largest absolute Gasteiger partial charge is 0.508 e. The molecule has 0 aliphatic heterocycles. The van der Waals surface area contributed by atoms with Crippen molar-refractivity contribution in [3.63, 3.8) is 0 Å². The summed E-state index contributed by atoms with van der Waals surface area (Å²) in [5.41, 5.74) is 13.6. The molecule has 0 bridgehead atoms. The lowest BCUT2D eigenvalue weighted by Gasteiger charge is -2.24. The summed E-state index contributed by atoms with van der Waals surface area (Å²) in [6.45, 7) is 0.697. The lowest BCUT2D eigenvalue weighted by atomic mass is 9.86. The number of thiocarbonyl (C=S) groups is 1. The number of ether oxygens (including phenoxy) is 1. The van der Waals surface area contributed by atoms with Crippen molar-refractivity contribution in [2.75, 3.05) is 19.5 Å². The van der Waals surface area contributed by atoms with Crippen LogP contribution in [0.1, 0.15) is 78.3 Å². The van der Waals surface area contributed by atoms with Gasteiger partial charge in [-0.2, -0.15) is 0 Å². The van der Waals surface area contributed by atoms with Gasteiger partial charge in [0.25, 0.3) is 0 Å². The Bertz CT molecular complexity index is 2310. The minimum absolute atomic E-state index is 0.237. The maximum Gasteiger partial charge on any atom is 0.166 e. The number of benzene rings is 6. The monoisotopic (exact) mass is 802 g/mol. The first-order valence-electron chi connectivity index (χ1n) is 20.3. The number of methoxy groups -OCH3 is 1. The van der Waals surface area contributed by atoms with E-state index in [1.54, 1.807) is 19.2 Å². The van der Waals surface area contributed by atoms with Crippen LogP contribution in [0.3, 0.4) is 0 Å². The Morgan fingerprint density at radius 1 is 0.603 bits per heavy atom. The van der Waals surface area contributed by atoms with Crippen molar-refractivity contribution in [3.8, 4) is 22.6 Å². The quantitative estimate of drug-likeness (QED) is 0.0582. The van der Waals surface area contributed by atoms with Crippen LogP contribution < -0.4 is 15.4 Å². The van der Waals surface area contributed by atoms with Crippen molar-refractivity contribution < 1.29 is 9.84 Å². The first-order valence-corrected chi connectivity index (χ1v) is 21.3. The Balaban J connectivity index is 1.27. The van der Waals surface area contributed by atoms with Gasteiger partial charge in [-0.3, -0.25) is 0 Å². The molecule has 0 radical (unpaired) electrons. The van der Waals surface area contributed by atoms with E-state index in [2.05, 4.69) is 126 Å². The highest BCUT2D eigenvalue weighted by Crippen LogP contribution is 2.39. The smallest absolute Gasteiger partial charge is 0.166 e. The number of hydrogen-bond acceptors (Lipinski definition) is 3. The molecule has 1 saturated carbocycles. The van der Waals surface area contributed by atoms with E-state index in [4.69, 9.17) is 28.6 Å². The summed E-state index contributed by atoms with van der Waals surface area (Å²) in [6, 6.07) is 55.1. The van der Waals surface area contributed by atoms with E-state index >= 15 is 0 Å². The zero-order valence-corrected chi connectivity index (χ0v) is 34.7. The molecule has 3 N–H and O–H groups in total. The van der Waals surface area contributed by atoms with Gasteiger partial charge in [0, 0.05) is 18.5 Å².